The van der Waals surface area contributed by atoms with Crippen molar-refractivity contribution >= 4 is 5.69 Å². The van der Waals surface area contributed by atoms with Crippen LogP contribution in [0.3, 0.4) is 0 Å². The molecule has 0 saturated carbocycles. The average Bonchev–Trinajstić information content (AvgIpc) is 2.74. The van der Waals surface area contributed by atoms with Crippen LogP contribution in [0.2, 0.25) is 0 Å². The fraction of sp³-hybridized carbons (Fsp3) is 0.462. The van der Waals surface area contributed by atoms with Crippen molar-refractivity contribution in [3.63, 3.8) is 0 Å². The highest BCUT2D eigenvalue weighted by Gasteiger charge is 2.13. The molecule has 6 nitrogen and oxygen atoms in total. The molecule has 0 fully saturated rings. The van der Waals surface area contributed by atoms with Crippen LogP contribution >= 0.6 is 0 Å². The third kappa shape index (κ3) is 3.75. The summed E-state index contributed by atoms with van der Waals surface area (Å²) in [4.78, 5) is 3.76. The predicted octanol–water partition coefficient (Wildman–Crippen LogP) is 1.20. The molecular weight excluding hydrogens is 240 g/mol. The second-order valence-corrected chi connectivity index (χ2v) is 4.94. The molecule has 0 aliphatic rings. The maximum absolute atomic E-state index is 5.81. The Kier molecular flexibility index (Phi) is 4.11. The van der Waals surface area contributed by atoms with E-state index in [0.29, 0.717) is 12.6 Å². The first kappa shape index (κ1) is 13.5. The molecule has 0 saturated heterocycles. The topological polar surface area (TPSA) is 72.9 Å². The Morgan fingerprint density at radius 2 is 2.11 bits per heavy atom. The number of hydrogen-bond acceptors (Lipinski definition) is 5. The van der Waals surface area contributed by atoms with Gasteiger partial charge in [-0.2, -0.15) is 4.80 Å². The summed E-state index contributed by atoms with van der Waals surface area (Å²) in [6.07, 6.45) is 0. The Bertz CT molecular complexity index is 533. The van der Waals surface area contributed by atoms with Gasteiger partial charge in [0.05, 0.1) is 13.6 Å². The van der Waals surface area contributed by atoms with E-state index in [1.165, 1.54) is 10.4 Å². The van der Waals surface area contributed by atoms with E-state index in [1.807, 2.05) is 18.2 Å². The zero-order valence-electron chi connectivity index (χ0n) is 11.6. The molecule has 0 unspecified atom stereocenters. The van der Waals surface area contributed by atoms with Gasteiger partial charge in [0.15, 0.2) is 5.82 Å². The lowest BCUT2D eigenvalue weighted by Gasteiger charge is -2.25. The van der Waals surface area contributed by atoms with E-state index in [0.717, 1.165) is 18.1 Å². The molecule has 0 aliphatic heterocycles. The van der Waals surface area contributed by atoms with Crippen molar-refractivity contribution in [3.8, 4) is 0 Å². The number of nitrogens with zero attached hydrogens (tertiary/aromatic N) is 5. The monoisotopic (exact) mass is 260 g/mol. The Hall–Kier alpha value is -1.95. The van der Waals surface area contributed by atoms with Gasteiger partial charge in [-0.05, 0) is 36.8 Å². The minimum atomic E-state index is 0.394. The summed E-state index contributed by atoms with van der Waals surface area (Å²) >= 11 is 0. The molecular formula is C13H20N6. The maximum atomic E-state index is 5.81. The molecule has 2 N–H and O–H groups in total. The largest absolute Gasteiger partial charge is 0.399 e. The van der Waals surface area contributed by atoms with Gasteiger partial charge >= 0.3 is 0 Å². The lowest BCUT2D eigenvalue weighted by molar-refractivity contribution is 0.198. The summed E-state index contributed by atoms with van der Waals surface area (Å²) < 4.78 is 0. The van der Waals surface area contributed by atoms with Gasteiger partial charge in [0.1, 0.15) is 0 Å². The molecule has 2 rings (SSSR count). The number of hydrogen-bond donors (Lipinski definition) is 1. The number of anilines is 1. The zero-order valence-corrected chi connectivity index (χ0v) is 11.6. The van der Waals surface area contributed by atoms with E-state index in [1.54, 1.807) is 7.05 Å². The Morgan fingerprint density at radius 1 is 1.32 bits per heavy atom. The lowest BCUT2D eigenvalue weighted by Crippen LogP contribution is -2.30. The van der Waals surface area contributed by atoms with Gasteiger partial charge in [0.2, 0.25) is 0 Å². The van der Waals surface area contributed by atoms with Crippen LogP contribution in [0.4, 0.5) is 5.69 Å². The van der Waals surface area contributed by atoms with Gasteiger partial charge in [0, 0.05) is 18.3 Å². The van der Waals surface area contributed by atoms with Crippen LogP contribution in [0.1, 0.15) is 25.2 Å². The molecule has 0 aliphatic carbocycles. The molecule has 6 heteroatoms. The van der Waals surface area contributed by atoms with Crippen molar-refractivity contribution in [2.45, 2.75) is 33.0 Å². The Balaban J connectivity index is 2.08. The lowest BCUT2D eigenvalue weighted by atomic mass is 10.1. The van der Waals surface area contributed by atoms with Crippen molar-refractivity contribution in [1.82, 2.24) is 25.1 Å². The van der Waals surface area contributed by atoms with E-state index < -0.39 is 0 Å². The van der Waals surface area contributed by atoms with Gasteiger partial charge < -0.3 is 5.73 Å². The standard InChI is InChI=1S/C13H20N6/c1-10(2)19(9-13-15-17-18(3)16-13)8-11-5-4-6-12(14)7-11/h4-7,10H,8-9,14H2,1-3H3. The number of benzene rings is 1. The maximum Gasteiger partial charge on any atom is 0.188 e. The summed E-state index contributed by atoms with van der Waals surface area (Å²) in [6, 6.07) is 8.34. The van der Waals surface area contributed by atoms with Gasteiger partial charge in [-0.15, -0.1) is 10.2 Å². The van der Waals surface area contributed by atoms with Crippen molar-refractivity contribution in [3.05, 3.63) is 35.7 Å². The van der Waals surface area contributed by atoms with E-state index >= 15 is 0 Å². The van der Waals surface area contributed by atoms with Crippen LogP contribution < -0.4 is 5.73 Å². The fourth-order valence-electron chi connectivity index (χ4n) is 1.92. The number of aromatic nitrogens is 4. The number of aryl methyl sites for hydroxylation is 1. The molecule has 1 aromatic heterocycles. The number of nitrogen functional groups attached to an aromatic ring is 1. The molecule has 1 aromatic carbocycles. The summed E-state index contributed by atoms with van der Waals surface area (Å²) in [5, 5.41) is 12.1. The smallest absolute Gasteiger partial charge is 0.188 e. The molecule has 0 spiro atoms. The molecule has 2 aromatic rings. The molecule has 19 heavy (non-hydrogen) atoms. The average molecular weight is 260 g/mol. The molecule has 0 amide bonds. The van der Waals surface area contributed by atoms with Gasteiger partial charge in [0.25, 0.3) is 0 Å². The van der Waals surface area contributed by atoms with E-state index in [9.17, 15) is 0 Å². The normalized spacial score (nSPS) is 11.4. The van der Waals surface area contributed by atoms with Crippen molar-refractivity contribution in [2.24, 2.45) is 7.05 Å². The predicted molar refractivity (Wildman–Crippen MR) is 74.0 cm³/mol. The third-order valence-corrected chi connectivity index (χ3v) is 2.96. The summed E-state index contributed by atoms with van der Waals surface area (Å²) in [7, 11) is 1.77. The summed E-state index contributed by atoms with van der Waals surface area (Å²) in [6.45, 7) is 5.81. The van der Waals surface area contributed by atoms with E-state index in [4.69, 9.17) is 5.73 Å². The highest BCUT2D eigenvalue weighted by atomic mass is 15.6. The Morgan fingerprint density at radius 3 is 2.68 bits per heavy atom. The van der Waals surface area contributed by atoms with Crippen LogP contribution in [0.5, 0.6) is 0 Å². The zero-order chi connectivity index (χ0) is 13.8. The second-order valence-electron chi connectivity index (χ2n) is 4.94. The van der Waals surface area contributed by atoms with Crippen LogP contribution in [-0.2, 0) is 20.1 Å². The highest BCUT2D eigenvalue weighted by Crippen LogP contribution is 2.13. The van der Waals surface area contributed by atoms with Gasteiger partial charge in [-0.25, -0.2) is 0 Å². The van der Waals surface area contributed by atoms with E-state index in [2.05, 4.69) is 40.2 Å². The number of rotatable bonds is 5. The van der Waals surface area contributed by atoms with E-state index in [-0.39, 0.29) is 0 Å². The Labute approximate surface area is 113 Å². The second kappa shape index (κ2) is 5.79. The SMILES string of the molecule is CC(C)N(Cc1cccc(N)c1)Cc1nnn(C)n1. The first-order valence-corrected chi connectivity index (χ1v) is 6.36. The first-order chi connectivity index (χ1) is 9.04. The minimum Gasteiger partial charge on any atom is -0.399 e. The minimum absolute atomic E-state index is 0.394. The van der Waals surface area contributed by atoms with Gasteiger partial charge in [-0.3, -0.25) is 4.90 Å². The van der Waals surface area contributed by atoms with Crippen LogP contribution in [-0.4, -0.2) is 31.1 Å². The molecule has 0 bridgehead atoms. The highest BCUT2D eigenvalue weighted by molar-refractivity contribution is 5.40. The third-order valence-electron chi connectivity index (χ3n) is 2.96. The number of tetrazole rings is 1. The molecule has 1 heterocycles. The molecule has 0 radical (unpaired) electrons. The van der Waals surface area contributed by atoms with Crippen molar-refractivity contribution < 1.29 is 0 Å². The van der Waals surface area contributed by atoms with Crippen LogP contribution in [0.25, 0.3) is 0 Å². The first-order valence-electron chi connectivity index (χ1n) is 6.36. The fourth-order valence-corrected chi connectivity index (χ4v) is 1.92. The summed E-state index contributed by atoms with van der Waals surface area (Å²) in [5.41, 5.74) is 7.79. The van der Waals surface area contributed by atoms with Crippen molar-refractivity contribution in [1.29, 1.82) is 0 Å². The quantitative estimate of drug-likeness (QED) is 0.818. The van der Waals surface area contributed by atoms with Crippen LogP contribution in [0.15, 0.2) is 24.3 Å². The molecule has 0 atom stereocenters. The van der Waals surface area contributed by atoms with Gasteiger partial charge in [-0.1, -0.05) is 12.1 Å². The van der Waals surface area contributed by atoms with Crippen molar-refractivity contribution in [2.75, 3.05) is 5.73 Å². The molecule has 102 valence electrons. The summed E-state index contributed by atoms with van der Waals surface area (Å²) in [5.74, 6) is 0.736. The number of nitrogens with two attached hydrogens (primary N) is 1. The van der Waals surface area contributed by atoms with Crippen LogP contribution in [0, 0.1) is 0 Å².